The highest BCUT2D eigenvalue weighted by Crippen LogP contribution is 2.28. The number of aliphatic hydroxyl groups excluding tert-OH is 1. The zero-order chi connectivity index (χ0) is 8.91. The second-order valence-electron chi connectivity index (χ2n) is 3.25. The summed E-state index contributed by atoms with van der Waals surface area (Å²) in [6.45, 7) is 6.56. The summed E-state index contributed by atoms with van der Waals surface area (Å²) in [7, 11) is 1.72. The number of rotatable bonds is 5. The molecule has 0 unspecified atom stereocenters. The van der Waals surface area contributed by atoms with E-state index in [-0.39, 0.29) is 12.2 Å². The molecule has 0 bridgehead atoms. The van der Waals surface area contributed by atoms with Gasteiger partial charge in [-0.25, -0.2) is 0 Å². The Morgan fingerprint density at radius 3 is 2.09 bits per heavy atom. The predicted octanol–water partition coefficient (Wildman–Crippen LogP) is 1.82. The SMILES string of the molecule is CC[C@](CCO)(OC)C(C)C. The van der Waals surface area contributed by atoms with Crippen LogP contribution in [0.2, 0.25) is 0 Å². The Bertz CT molecular complexity index is 95.7. The highest BCUT2D eigenvalue weighted by molar-refractivity contribution is 4.81. The standard InChI is InChI=1S/C9H20O2/c1-5-9(11-4,6-7-10)8(2)3/h8,10H,5-7H2,1-4H3/t9-/m1/s1. The summed E-state index contributed by atoms with van der Waals surface area (Å²) in [6.07, 6.45) is 1.69. The van der Waals surface area contributed by atoms with Gasteiger partial charge in [-0.15, -0.1) is 0 Å². The quantitative estimate of drug-likeness (QED) is 0.664. The van der Waals surface area contributed by atoms with E-state index < -0.39 is 0 Å². The van der Waals surface area contributed by atoms with Crippen LogP contribution in [0.1, 0.15) is 33.6 Å². The maximum atomic E-state index is 8.83. The first-order valence-corrected chi connectivity index (χ1v) is 4.29. The molecule has 1 N–H and O–H groups in total. The van der Waals surface area contributed by atoms with Gasteiger partial charge in [0.25, 0.3) is 0 Å². The molecule has 0 spiro atoms. The van der Waals surface area contributed by atoms with Crippen LogP contribution in [0.3, 0.4) is 0 Å². The topological polar surface area (TPSA) is 29.5 Å². The lowest BCUT2D eigenvalue weighted by atomic mass is 9.85. The molecule has 2 heteroatoms. The average Bonchev–Trinajstić information content (AvgIpc) is 2.00. The van der Waals surface area contributed by atoms with Gasteiger partial charge in [0, 0.05) is 13.7 Å². The third-order valence-corrected chi connectivity index (χ3v) is 2.59. The molecule has 0 aliphatic heterocycles. The van der Waals surface area contributed by atoms with E-state index in [0.717, 1.165) is 12.8 Å². The first-order chi connectivity index (χ1) is 5.13. The third-order valence-electron chi connectivity index (χ3n) is 2.59. The molecule has 11 heavy (non-hydrogen) atoms. The van der Waals surface area contributed by atoms with Crippen molar-refractivity contribution >= 4 is 0 Å². The average molecular weight is 160 g/mol. The largest absolute Gasteiger partial charge is 0.396 e. The van der Waals surface area contributed by atoms with E-state index in [1.807, 2.05) is 0 Å². The number of ether oxygens (including phenoxy) is 1. The Labute approximate surface area is 69.6 Å². The summed E-state index contributed by atoms with van der Waals surface area (Å²) in [5, 5.41) is 8.83. The normalized spacial score (nSPS) is 16.9. The van der Waals surface area contributed by atoms with Crippen molar-refractivity contribution in [1.29, 1.82) is 0 Å². The number of hydrogen-bond acceptors (Lipinski definition) is 2. The van der Waals surface area contributed by atoms with E-state index >= 15 is 0 Å². The lowest BCUT2D eigenvalue weighted by Gasteiger charge is -2.34. The molecular formula is C9H20O2. The van der Waals surface area contributed by atoms with Crippen LogP contribution in [0.5, 0.6) is 0 Å². The molecule has 2 nitrogen and oxygen atoms in total. The van der Waals surface area contributed by atoms with Gasteiger partial charge in [0.2, 0.25) is 0 Å². The molecule has 0 aromatic rings. The van der Waals surface area contributed by atoms with Crippen molar-refractivity contribution in [2.45, 2.75) is 39.2 Å². The van der Waals surface area contributed by atoms with Crippen LogP contribution < -0.4 is 0 Å². The monoisotopic (exact) mass is 160 g/mol. The zero-order valence-electron chi connectivity index (χ0n) is 8.05. The van der Waals surface area contributed by atoms with Crippen molar-refractivity contribution in [2.24, 2.45) is 5.92 Å². The molecule has 0 radical (unpaired) electrons. The van der Waals surface area contributed by atoms with Crippen molar-refractivity contribution in [1.82, 2.24) is 0 Å². The Hall–Kier alpha value is -0.0800. The third kappa shape index (κ3) is 2.46. The number of methoxy groups -OCH3 is 1. The fraction of sp³-hybridized carbons (Fsp3) is 1.00. The van der Waals surface area contributed by atoms with E-state index in [2.05, 4.69) is 20.8 Å². The second-order valence-corrected chi connectivity index (χ2v) is 3.25. The van der Waals surface area contributed by atoms with Crippen LogP contribution in [0.4, 0.5) is 0 Å². The van der Waals surface area contributed by atoms with Gasteiger partial charge in [0.1, 0.15) is 0 Å². The van der Waals surface area contributed by atoms with Crippen LogP contribution in [0.15, 0.2) is 0 Å². The molecule has 0 amide bonds. The highest BCUT2D eigenvalue weighted by atomic mass is 16.5. The van der Waals surface area contributed by atoms with Gasteiger partial charge in [-0.1, -0.05) is 20.8 Å². The summed E-state index contributed by atoms with van der Waals surface area (Å²) in [4.78, 5) is 0. The predicted molar refractivity (Wildman–Crippen MR) is 46.6 cm³/mol. The first-order valence-electron chi connectivity index (χ1n) is 4.29. The van der Waals surface area contributed by atoms with E-state index in [4.69, 9.17) is 9.84 Å². The van der Waals surface area contributed by atoms with Crippen LogP contribution >= 0.6 is 0 Å². The van der Waals surface area contributed by atoms with Gasteiger partial charge >= 0.3 is 0 Å². The van der Waals surface area contributed by atoms with Crippen LogP contribution in [0.25, 0.3) is 0 Å². The molecular weight excluding hydrogens is 140 g/mol. The number of hydrogen-bond donors (Lipinski definition) is 1. The molecule has 0 aromatic heterocycles. The van der Waals surface area contributed by atoms with Crippen LogP contribution in [0, 0.1) is 5.92 Å². The Morgan fingerprint density at radius 2 is 2.00 bits per heavy atom. The molecule has 1 atom stereocenters. The lowest BCUT2D eigenvalue weighted by Crippen LogP contribution is -2.37. The minimum absolute atomic E-state index is 0.116. The molecule has 0 aliphatic carbocycles. The molecule has 0 rings (SSSR count). The van der Waals surface area contributed by atoms with Crippen molar-refractivity contribution in [3.05, 3.63) is 0 Å². The van der Waals surface area contributed by atoms with Gasteiger partial charge < -0.3 is 9.84 Å². The maximum Gasteiger partial charge on any atom is 0.0720 e. The van der Waals surface area contributed by atoms with E-state index in [0.29, 0.717) is 5.92 Å². The van der Waals surface area contributed by atoms with E-state index in [9.17, 15) is 0 Å². The molecule has 0 aliphatic rings. The van der Waals surface area contributed by atoms with Crippen molar-refractivity contribution in [3.8, 4) is 0 Å². The molecule has 0 fully saturated rings. The second kappa shape index (κ2) is 4.73. The fourth-order valence-electron chi connectivity index (χ4n) is 1.55. The Balaban J connectivity index is 4.20. The summed E-state index contributed by atoms with van der Waals surface area (Å²) >= 11 is 0. The Morgan fingerprint density at radius 1 is 1.45 bits per heavy atom. The van der Waals surface area contributed by atoms with Gasteiger partial charge in [-0.3, -0.25) is 0 Å². The van der Waals surface area contributed by atoms with Gasteiger partial charge in [-0.2, -0.15) is 0 Å². The van der Waals surface area contributed by atoms with Crippen LogP contribution in [-0.2, 0) is 4.74 Å². The molecule has 0 heterocycles. The van der Waals surface area contributed by atoms with Crippen LogP contribution in [-0.4, -0.2) is 24.4 Å². The molecule has 0 saturated carbocycles. The summed E-state index contributed by atoms with van der Waals surface area (Å²) in [6, 6.07) is 0. The summed E-state index contributed by atoms with van der Waals surface area (Å²) in [5.41, 5.74) is -0.116. The fourth-order valence-corrected chi connectivity index (χ4v) is 1.55. The Kier molecular flexibility index (Phi) is 4.69. The summed E-state index contributed by atoms with van der Waals surface area (Å²) < 4.78 is 5.43. The van der Waals surface area contributed by atoms with Crippen molar-refractivity contribution in [2.75, 3.05) is 13.7 Å². The van der Waals surface area contributed by atoms with Crippen molar-refractivity contribution < 1.29 is 9.84 Å². The van der Waals surface area contributed by atoms with Gasteiger partial charge in [0.15, 0.2) is 0 Å². The highest BCUT2D eigenvalue weighted by Gasteiger charge is 2.30. The van der Waals surface area contributed by atoms with E-state index in [1.54, 1.807) is 7.11 Å². The minimum Gasteiger partial charge on any atom is -0.396 e. The maximum absolute atomic E-state index is 8.83. The zero-order valence-corrected chi connectivity index (χ0v) is 8.05. The molecule has 0 saturated heterocycles. The molecule has 68 valence electrons. The van der Waals surface area contributed by atoms with Gasteiger partial charge in [-0.05, 0) is 18.8 Å². The van der Waals surface area contributed by atoms with Crippen molar-refractivity contribution in [3.63, 3.8) is 0 Å². The molecule has 0 aromatic carbocycles. The smallest absolute Gasteiger partial charge is 0.0720 e. The summed E-state index contributed by atoms with van der Waals surface area (Å²) in [5.74, 6) is 0.463. The minimum atomic E-state index is -0.116. The first kappa shape index (κ1) is 10.9. The van der Waals surface area contributed by atoms with Gasteiger partial charge in [0.05, 0.1) is 5.60 Å². The lowest BCUT2D eigenvalue weighted by molar-refractivity contribution is -0.0659. The number of aliphatic hydroxyl groups is 1. The van der Waals surface area contributed by atoms with E-state index in [1.165, 1.54) is 0 Å².